The molecule has 0 unspecified atom stereocenters. The van der Waals surface area contributed by atoms with Crippen LogP contribution in [-0.4, -0.2) is 34.1 Å². The zero-order chi connectivity index (χ0) is 26.1. The van der Waals surface area contributed by atoms with Crippen LogP contribution in [0.15, 0.2) is 59.7 Å². The predicted octanol–water partition coefficient (Wildman–Crippen LogP) is 6.21. The number of allylic oxidation sites excluding steroid dienone is 3. The van der Waals surface area contributed by atoms with Crippen LogP contribution in [0.2, 0.25) is 0 Å². The van der Waals surface area contributed by atoms with Crippen molar-refractivity contribution in [2.24, 2.45) is 23.2 Å². The molecule has 1 aromatic carbocycles. The van der Waals surface area contributed by atoms with Crippen molar-refractivity contribution in [3.8, 4) is 0 Å². The molecule has 3 aliphatic rings. The second kappa shape index (κ2) is 10.9. The summed E-state index contributed by atoms with van der Waals surface area (Å²) in [5.41, 5.74) is 4.74. The van der Waals surface area contributed by atoms with Crippen molar-refractivity contribution in [2.75, 3.05) is 6.61 Å². The van der Waals surface area contributed by atoms with Crippen LogP contribution in [0.25, 0.3) is 0 Å². The molecule has 0 spiro atoms. The Kier molecular flexibility index (Phi) is 8.31. The van der Waals surface area contributed by atoms with Crippen molar-refractivity contribution in [3.63, 3.8) is 0 Å². The third-order valence-corrected chi connectivity index (χ3v) is 9.27. The summed E-state index contributed by atoms with van der Waals surface area (Å²) in [4.78, 5) is 0. The number of aliphatic hydroxyl groups excluding tert-OH is 2. The Hall–Kier alpha value is -1.72. The molecule has 1 aromatic rings. The number of benzene rings is 1. The molecule has 3 fully saturated rings. The molecule has 0 saturated heterocycles. The lowest BCUT2D eigenvalue weighted by molar-refractivity contribution is 0.0275. The van der Waals surface area contributed by atoms with E-state index in [9.17, 15) is 15.3 Å². The van der Waals surface area contributed by atoms with Crippen LogP contribution < -0.4 is 0 Å². The smallest absolute Gasteiger partial charge is 0.0840 e. The van der Waals surface area contributed by atoms with Gasteiger partial charge in [-0.05, 0) is 97.8 Å². The number of fused-ring (bicyclic) bond motifs is 1. The summed E-state index contributed by atoms with van der Waals surface area (Å²) in [5, 5.41) is 30.6. The quantitative estimate of drug-likeness (QED) is 0.422. The molecule has 6 atom stereocenters. The minimum absolute atomic E-state index is 0.287. The molecule has 36 heavy (non-hydrogen) atoms. The molecule has 198 valence electrons. The van der Waals surface area contributed by atoms with Crippen LogP contribution >= 0.6 is 0 Å². The van der Waals surface area contributed by atoms with Gasteiger partial charge >= 0.3 is 0 Å². The lowest BCUT2D eigenvalue weighted by atomic mass is 9.61. The Morgan fingerprint density at radius 3 is 2.75 bits per heavy atom. The topological polar surface area (TPSA) is 69.9 Å². The average molecular weight is 495 g/mol. The molecule has 0 radical (unpaired) electrons. The summed E-state index contributed by atoms with van der Waals surface area (Å²) in [6.07, 6.45) is 10.3. The third-order valence-electron chi connectivity index (χ3n) is 9.27. The van der Waals surface area contributed by atoms with E-state index in [1.54, 1.807) is 0 Å². The first-order chi connectivity index (χ1) is 17.0. The first-order valence-corrected chi connectivity index (χ1v) is 13.8. The average Bonchev–Trinajstić information content (AvgIpc) is 3.17. The maximum atomic E-state index is 10.3. The summed E-state index contributed by atoms with van der Waals surface area (Å²) in [7, 11) is 0. The van der Waals surface area contributed by atoms with Crippen molar-refractivity contribution in [1.82, 2.24) is 0 Å². The first-order valence-electron chi connectivity index (χ1n) is 13.8. The minimum atomic E-state index is -0.845. The number of hydrogen-bond acceptors (Lipinski definition) is 4. The maximum Gasteiger partial charge on any atom is 0.0840 e. The van der Waals surface area contributed by atoms with E-state index in [4.69, 9.17) is 4.74 Å². The highest BCUT2D eigenvalue weighted by Crippen LogP contribution is 2.59. The van der Waals surface area contributed by atoms with Crippen molar-refractivity contribution in [2.45, 2.75) is 97.1 Å². The second-order valence-corrected chi connectivity index (χ2v) is 12.4. The van der Waals surface area contributed by atoms with Crippen LogP contribution in [0.1, 0.15) is 83.8 Å². The fourth-order valence-electron chi connectivity index (χ4n) is 7.20. The van der Waals surface area contributed by atoms with Gasteiger partial charge in [0.15, 0.2) is 0 Å². The molecule has 0 aliphatic heterocycles. The minimum Gasteiger partial charge on any atom is -0.393 e. The summed E-state index contributed by atoms with van der Waals surface area (Å²) < 4.78 is 6.21. The van der Waals surface area contributed by atoms with Crippen LogP contribution in [0.5, 0.6) is 0 Å². The Morgan fingerprint density at radius 2 is 2.00 bits per heavy atom. The fourth-order valence-corrected chi connectivity index (χ4v) is 7.20. The normalized spacial score (nSPS) is 34.2. The Labute approximate surface area is 217 Å². The molecule has 0 bridgehead atoms. The first kappa shape index (κ1) is 27.3. The van der Waals surface area contributed by atoms with E-state index >= 15 is 0 Å². The summed E-state index contributed by atoms with van der Waals surface area (Å²) in [6.45, 7) is 13.9. The van der Waals surface area contributed by atoms with Gasteiger partial charge in [-0.2, -0.15) is 0 Å². The molecule has 4 rings (SSSR count). The number of aliphatic hydroxyl groups is 3. The second-order valence-electron chi connectivity index (χ2n) is 12.4. The highest BCUT2D eigenvalue weighted by Gasteiger charge is 2.50. The van der Waals surface area contributed by atoms with Gasteiger partial charge in [-0.15, -0.1) is 0 Å². The fraction of sp³-hybridized carbons (Fsp3) is 0.625. The summed E-state index contributed by atoms with van der Waals surface area (Å²) in [5.74, 6) is 1.71. The van der Waals surface area contributed by atoms with Gasteiger partial charge in [-0.3, -0.25) is 0 Å². The molecule has 4 nitrogen and oxygen atoms in total. The Balaban J connectivity index is 1.39. The number of rotatable bonds is 7. The Bertz CT molecular complexity index is 1000. The molecule has 3 aliphatic carbocycles. The van der Waals surface area contributed by atoms with Crippen molar-refractivity contribution in [1.29, 1.82) is 0 Å². The van der Waals surface area contributed by atoms with Crippen LogP contribution in [0, 0.1) is 23.2 Å². The van der Waals surface area contributed by atoms with E-state index in [2.05, 4.69) is 38.6 Å². The van der Waals surface area contributed by atoms with Crippen LogP contribution in [0.4, 0.5) is 0 Å². The summed E-state index contributed by atoms with van der Waals surface area (Å²) >= 11 is 0. The van der Waals surface area contributed by atoms with Gasteiger partial charge in [0.2, 0.25) is 0 Å². The van der Waals surface area contributed by atoms with E-state index in [1.807, 2.05) is 32.0 Å². The zero-order valence-corrected chi connectivity index (χ0v) is 22.7. The van der Waals surface area contributed by atoms with E-state index in [0.29, 0.717) is 37.2 Å². The third kappa shape index (κ3) is 5.88. The van der Waals surface area contributed by atoms with E-state index in [1.165, 1.54) is 31.3 Å². The SMILES string of the molecule is C=C1/C(=C\C=C2/CCC[C@]3(C)[C@@H]([C@@H](C)COCc4cccc(C(C)(C)O)c4)CC[C@@H]23)C[C@@H](O)C[C@@H]1O. The zero-order valence-electron chi connectivity index (χ0n) is 22.7. The summed E-state index contributed by atoms with van der Waals surface area (Å²) in [6, 6.07) is 8.07. The van der Waals surface area contributed by atoms with Crippen molar-refractivity contribution in [3.05, 3.63) is 70.8 Å². The molecule has 4 heteroatoms. The molecular formula is C32H46O4. The molecular weight excluding hydrogens is 448 g/mol. The monoisotopic (exact) mass is 494 g/mol. The Morgan fingerprint density at radius 1 is 1.22 bits per heavy atom. The molecule has 0 heterocycles. The van der Waals surface area contributed by atoms with E-state index in [-0.39, 0.29) is 5.41 Å². The van der Waals surface area contributed by atoms with Gasteiger partial charge < -0.3 is 20.1 Å². The highest BCUT2D eigenvalue weighted by molar-refractivity contribution is 5.38. The molecule has 0 amide bonds. The maximum absolute atomic E-state index is 10.3. The van der Waals surface area contributed by atoms with E-state index in [0.717, 1.165) is 35.3 Å². The number of ether oxygens (including phenoxy) is 1. The van der Waals surface area contributed by atoms with Crippen LogP contribution in [-0.2, 0) is 16.9 Å². The standard InChI is InChI=1S/C32H46O4/c1-21(19-36-20-23-8-6-10-26(16-23)31(3,4)35)28-13-14-29-24(9-7-15-32(28,29)5)11-12-25-17-27(33)18-30(34)22(25)2/h6,8,10-12,16,21,27-30,33-35H,2,7,9,13-15,17-20H2,1,3-5H3/b24-11+,25-12-/t21-,27+,28+,29-,30-,32+/m0/s1. The number of hydrogen-bond donors (Lipinski definition) is 3. The largest absolute Gasteiger partial charge is 0.393 e. The van der Waals surface area contributed by atoms with Gasteiger partial charge in [0.1, 0.15) is 0 Å². The van der Waals surface area contributed by atoms with Gasteiger partial charge in [0.25, 0.3) is 0 Å². The molecule has 3 saturated carbocycles. The lowest BCUT2D eigenvalue weighted by Gasteiger charge is -2.44. The van der Waals surface area contributed by atoms with Gasteiger partial charge in [-0.25, -0.2) is 0 Å². The lowest BCUT2D eigenvalue weighted by Crippen LogP contribution is -2.37. The van der Waals surface area contributed by atoms with Gasteiger partial charge in [0.05, 0.1) is 24.4 Å². The molecule has 0 aromatic heterocycles. The van der Waals surface area contributed by atoms with E-state index < -0.39 is 17.8 Å². The van der Waals surface area contributed by atoms with Crippen molar-refractivity contribution >= 4 is 0 Å². The van der Waals surface area contributed by atoms with Gasteiger partial charge in [-0.1, -0.05) is 62.4 Å². The predicted molar refractivity (Wildman–Crippen MR) is 145 cm³/mol. The van der Waals surface area contributed by atoms with Crippen LogP contribution in [0.3, 0.4) is 0 Å². The highest BCUT2D eigenvalue weighted by atomic mass is 16.5. The molecule has 3 N–H and O–H groups in total. The van der Waals surface area contributed by atoms with Crippen molar-refractivity contribution < 1.29 is 20.1 Å². The van der Waals surface area contributed by atoms with Gasteiger partial charge in [0, 0.05) is 13.0 Å².